The molecule has 0 aliphatic carbocycles. The predicted molar refractivity (Wildman–Crippen MR) is 69.4 cm³/mol. The molecule has 18 heavy (non-hydrogen) atoms. The zero-order valence-electron chi connectivity index (χ0n) is 10.2. The number of piperidine rings is 1. The molecule has 0 bridgehead atoms. The number of halogens is 2. The van der Waals surface area contributed by atoms with Gasteiger partial charge in [-0.2, -0.15) is 0 Å². The Labute approximate surface area is 111 Å². The summed E-state index contributed by atoms with van der Waals surface area (Å²) in [6.07, 6.45) is 2.05. The highest BCUT2D eigenvalue weighted by Crippen LogP contribution is 2.16. The average Bonchev–Trinajstić information content (AvgIpc) is 2.32. The fourth-order valence-corrected chi connectivity index (χ4v) is 2.37. The summed E-state index contributed by atoms with van der Waals surface area (Å²) < 4.78 is 13.0. The Morgan fingerprint density at radius 2 is 2.33 bits per heavy atom. The van der Waals surface area contributed by atoms with E-state index in [1.807, 2.05) is 7.05 Å². The Kier molecular flexibility index (Phi) is 4.19. The quantitative estimate of drug-likeness (QED) is 0.894. The topological polar surface area (TPSA) is 32.3 Å². The van der Waals surface area contributed by atoms with Crippen molar-refractivity contribution in [1.29, 1.82) is 0 Å². The third-order valence-corrected chi connectivity index (χ3v) is 3.43. The van der Waals surface area contributed by atoms with E-state index in [4.69, 9.17) is 11.6 Å². The zero-order valence-corrected chi connectivity index (χ0v) is 11.0. The molecule has 0 radical (unpaired) electrons. The normalized spacial score (nSPS) is 20.7. The second-order valence-electron chi connectivity index (χ2n) is 4.70. The van der Waals surface area contributed by atoms with E-state index in [-0.39, 0.29) is 17.0 Å². The lowest BCUT2D eigenvalue weighted by atomic mass is 10.1. The van der Waals surface area contributed by atoms with E-state index in [1.165, 1.54) is 18.2 Å². The number of rotatable bonds is 2. The van der Waals surface area contributed by atoms with Gasteiger partial charge in [0.2, 0.25) is 0 Å². The lowest BCUT2D eigenvalue weighted by Crippen LogP contribution is -2.46. The van der Waals surface area contributed by atoms with Crippen LogP contribution in [0.15, 0.2) is 18.2 Å². The van der Waals surface area contributed by atoms with Gasteiger partial charge in [-0.15, -0.1) is 0 Å². The monoisotopic (exact) mass is 270 g/mol. The number of amides is 1. The van der Waals surface area contributed by atoms with Gasteiger partial charge in [0.25, 0.3) is 5.91 Å². The first-order chi connectivity index (χ1) is 8.56. The summed E-state index contributed by atoms with van der Waals surface area (Å²) in [7, 11) is 2.03. The molecule has 0 unspecified atom stereocenters. The summed E-state index contributed by atoms with van der Waals surface area (Å²) in [6.45, 7) is 1.91. The number of nitrogens with zero attached hydrogens (tertiary/aromatic N) is 1. The number of hydrogen-bond donors (Lipinski definition) is 1. The van der Waals surface area contributed by atoms with Crippen molar-refractivity contribution in [3.63, 3.8) is 0 Å². The third-order valence-electron chi connectivity index (χ3n) is 3.14. The Balaban J connectivity index is 2.00. The van der Waals surface area contributed by atoms with Gasteiger partial charge < -0.3 is 10.2 Å². The molecule has 0 spiro atoms. The fraction of sp³-hybridized carbons (Fsp3) is 0.462. The zero-order chi connectivity index (χ0) is 13.1. The minimum atomic E-state index is -0.509. The third kappa shape index (κ3) is 3.21. The fourth-order valence-electron chi connectivity index (χ4n) is 2.19. The SMILES string of the molecule is CN1CCC[C@@H](NC(=O)c2ccc(F)c(Cl)c2)C1. The Bertz CT molecular complexity index is 453. The summed E-state index contributed by atoms with van der Waals surface area (Å²) in [4.78, 5) is 14.2. The van der Waals surface area contributed by atoms with E-state index >= 15 is 0 Å². The molecule has 1 aromatic rings. The van der Waals surface area contributed by atoms with E-state index < -0.39 is 5.82 Å². The van der Waals surface area contributed by atoms with Crippen LogP contribution >= 0.6 is 11.6 Å². The van der Waals surface area contributed by atoms with Gasteiger partial charge in [0.15, 0.2) is 0 Å². The van der Waals surface area contributed by atoms with Gasteiger partial charge in [-0.1, -0.05) is 11.6 Å². The molecule has 0 saturated carbocycles. The van der Waals surface area contributed by atoms with E-state index in [0.717, 1.165) is 25.9 Å². The summed E-state index contributed by atoms with van der Waals surface area (Å²) in [5.74, 6) is -0.706. The maximum Gasteiger partial charge on any atom is 0.251 e. The van der Waals surface area contributed by atoms with Crippen molar-refractivity contribution in [1.82, 2.24) is 10.2 Å². The Morgan fingerprint density at radius 1 is 1.56 bits per heavy atom. The summed E-state index contributed by atoms with van der Waals surface area (Å²) in [6, 6.07) is 4.17. The van der Waals surface area contributed by atoms with Crippen LogP contribution in [0.2, 0.25) is 5.02 Å². The van der Waals surface area contributed by atoms with E-state index in [9.17, 15) is 9.18 Å². The molecule has 5 heteroatoms. The molecule has 1 aromatic carbocycles. The second-order valence-corrected chi connectivity index (χ2v) is 5.11. The number of hydrogen-bond acceptors (Lipinski definition) is 2. The number of benzene rings is 1. The van der Waals surface area contributed by atoms with Gasteiger partial charge in [-0.05, 0) is 44.6 Å². The minimum absolute atomic E-state index is 0.0246. The van der Waals surface area contributed by atoms with Crippen LogP contribution in [0.25, 0.3) is 0 Å². The standard InChI is InChI=1S/C13H16ClFN2O/c1-17-6-2-3-10(8-17)16-13(18)9-4-5-12(15)11(14)7-9/h4-5,7,10H,2-3,6,8H2,1H3,(H,16,18)/t10-/m1/s1. The van der Waals surface area contributed by atoms with Gasteiger partial charge >= 0.3 is 0 Å². The molecule has 1 amide bonds. The predicted octanol–water partition coefficient (Wildman–Crippen LogP) is 2.30. The van der Waals surface area contributed by atoms with Crippen LogP contribution in [0.3, 0.4) is 0 Å². The van der Waals surface area contributed by atoms with Crippen LogP contribution in [0, 0.1) is 5.82 Å². The highest BCUT2D eigenvalue weighted by Gasteiger charge is 2.19. The van der Waals surface area contributed by atoms with Crippen LogP contribution < -0.4 is 5.32 Å². The van der Waals surface area contributed by atoms with Gasteiger partial charge in [0, 0.05) is 18.2 Å². The van der Waals surface area contributed by atoms with Crippen molar-refractivity contribution in [2.24, 2.45) is 0 Å². The number of likely N-dealkylation sites (N-methyl/N-ethyl adjacent to an activating group) is 1. The maximum absolute atomic E-state index is 13.0. The highest BCUT2D eigenvalue weighted by atomic mass is 35.5. The summed E-state index contributed by atoms with van der Waals surface area (Å²) >= 11 is 5.66. The molecular weight excluding hydrogens is 255 g/mol. The van der Waals surface area contributed by atoms with E-state index in [1.54, 1.807) is 0 Å². The molecule has 0 aromatic heterocycles. The highest BCUT2D eigenvalue weighted by molar-refractivity contribution is 6.31. The van der Waals surface area contributed by atoms with Crippen molar-refractivity contribution in [2.75, 3.05) is 20.1 Å². The molecule has 3 nitrogen and oxygen atoms in total. The number of carbonyl (C=O) groups excluding carboxylic acids is 1. The van der Waals surface area contributed by atoms with E-state index in [0.29, 0.717) is 5.56 Å². The number of carbonyl (C=O) groups is 1. The molecule has 1 aliphatic heterocycles. The lowest BCUT2D eigenvalue weighted by Gasteiger charge is -2.30. The van der Waals surface area contributed by atoms with Gasteiger partial charge in [0.1, 0.15) is 5.82 Å². The van der Waals surface area contributed by atoms with Crippen LogP contribution in [-0.2, 0) is 0 Å². The first kappa shape index (κ1) is 13.3. The van der Waals surface area contributed by atoms with Gasteiger partial charge in [-0.25, -0.2) is 4.39 Å². The smallest absolute Gasteiger partial charge is 0.251 e. The number of likely N-dealkylation sites (tertiary alicyclic amines) is 1. The first-order valence-electron chi connectivity index (χ1n) is 6.00. The summed E-state index contributed by atoms with van der Waals surface area (Å²) in [5, 5.41) is 2.93. The van der Waals surface area contributed by atoms with Gasteiger partial charge in [0.05, 0.1) is 5.02 Å². The first-order valence-corrected chi connectivity index (χ1v) is 6.38. The second kappa shape index (κ2) is 5.67. The molecule has 1 aliphatic rings. The molecule has 1 N–H and O–H groups in total. The Morgan fingerprint density at radius 3 is 3.00 bits per heavy atom. The summed E-state index contributed by atoms with van der Waals surface area (Å²) in [5.41, 5.74) is 0.398. The molecule has 1 fully saturated rings. The molecule has 2 rings (SSSR count). The van der Waals surface area contributed by atoms with Crippen molar-refractivity contribution < 1.29 is 9.18 Å². The van der Waals surface area contributed by atoms with Crippen LogP contribution in [-0.4, -0.2) is 37.0 Å². The minimum Gasteiger partial charge on any atom is -0.348 e. The molecule has 1 saturated heterocycles. The molecular formula is C13H16ClFN2O. The molecule has 98 valence electrons. The van der Waals surface area contributed by atoms with E-state index in [2.05, 4.69) is 10.2 Å². The number of nitrogens with one attached hydrogen (secondary N) is 1. The van der Waals surface area contributed by atoms with Crippen molar-refractivity contribution in [2.45, 2.75) is 18.9 Å². The van der Waals surface area contributed by atoms with Crippen molar-refractivity contribution in [3.05, 3.63) is 34.6 Å². The molecule has 1 atom stereocenters. The largest absolute Gasteiger partial charge is 0.348 e. The van der Waals surface area contributed by atoms with Crippen LogP contribution in [0.4, 0.5) is 4.39 Å². The van der Waals surface area contributed by atoms with Crippen LogP contribution in [0.5, 0.6) is 0 Å². The van der Waals surface area contributed by atoms with Crippen LogP contribution in [0.1, 0.15) is 23.2 Å². The molecule has 1 heterocycles. The Hall–Kier alpha value is -1.13. The average molecular weight is 271 g/mol. The lowest BCUT2D eigenvalue weighted by molar-refractivity contribution is 0.0912. The maximum atomic E-state index is 13.0. The van der Waals surface area contributed by atoms with Crippen molar-refractivity contribution >= 4 is 17.5 Å². The van der Waals surface area contributed by atoms with Crippen molar-refractivity contribution in [3.8, 4) is 0 Å². The van der Waals surface area contributed by atoms with Gasteiger partial charge in [-0.3, -0.25) is 4.79 Å².